The van der Waals surface area contributed by atoms with Crippen LogP contribution in [0.25, 0.3) is 0 Å². The van der Waals surface area contributed by atoms with Crippen molar-refractivity contribution in [2.75, 3.05) is 0 Å². The molecule has 0 amide bonds. The fraction of sp³-hybridized carbons (Fsp3) is 0.571. The lowest BCUT2D eigenvalue weighted by molar-refractivity contribution is 0.324. The first kappa shape index (κ1) is 10.7. The van der Waals surface area contributed by atoms with Gasteiger partial charge in [0.25, 0.3) is 0 Å². The number of benzene rings is 1. The molecule has 2 unspecified atom stereocenters. The van der Waals surface area contributed by atoms with Crippen LogP contribution in [0.4, 0.5) is 0 Å². The van der Waals surface area contributed by atoms with Crippen LogP contribution in [0.15, 0.2) is 24.3 Å². The maximum absolute atomic E-state index is 3.69. The van der Waals surface area contributed by atoms with Crippen LogP contribution in [0.1, 0.15) is 44.4 Å². The van der Waals surface area contributed by atoms with Crippen molar-refractivity contribution in [1.29, 1.82) is 0 Å². The van der Waals surface area contributed by atoms with E-state index >= 15 is 0 Å². The van der Waals surface area contributed by atoms with Crippen LogP contribution in [0.3, 0.4) is 0 Å². The standard InChI is InChI=1S/C14H21N/c1-10(2)15-14-11(3)8-9-12-6-4-5-7-13(12)14/h4-7,10-11,14-15H,8-9H2,1-3H3. The summed E-state index contributed by atoms with van der Waals surface area (Å²) in [6.07, 6.45) is 2.55. The van der Waals surface area contributed by atoms with Gasteiger partial charge in [-0.25, -0.2) is 0 Å². The zero-order valence-corrected chi connectivity index (χ0v) is 9.96. The van der Waals surface area contributed by atoms with Crippen LogP contribution in [-0.2, 0) is 6.42 Å². The van der Waals surface area contributed by atoms with Crippen molar-refractivity contribution >= 4 is 0 Å². The Morgan fingerprint density at radius 1 is 1.27 bits per heavy atom. The zero-order chi connectivity index (χ0) is 10.8. The summed E-state index contributed by atoms with van der Waals surface area (Å²) in [4.78, 5) is 0. The monoisotopic (exact) mass is 203 g/mol. The molecule has 1 aromatic rings. The molecule has 0 fully saturated rings. The van der Waals surface area contributed by atoms with Crippen molar-refractivity contribution in [2.24, 2.45) is 5.92 Å². The van der Waals surface area contributed by atoms with Crippen molar-refractivity contribution in [3.63, 3.8) is 0 Å². The summed E-state index contributed by atoms with van der Waals surface area (Å²) >= 11 is 0. The molecule has 1 heteroatoms. The van der Waals surface area contributed by atoms with Crippen LogP contribution >= 0.6 is 0 Å². The van der Waals surface area contributed by atoms with Crippen molar-refractivity contribution in [1.82, 2.24) is 5.32 Å². The van der Waals surface area contributed by atoms with Crippen molar-refractivity contribution in [3.8, 4) is 0 Å². The van der Waals surface area contributed by atoms with Gasteiger partial charge in [-0.15, -0.1) is 0 Å². The minimum absolute atomic E-state index is 0.551. The summed E-state index contributed by atoms with van der Waals surface area (Å²) in [5.41, 5.74) is 3.05. The Morgan fingerprint density at radius 2 is 2.00 bits per heavy atom. The molecule has 15 heavy (non-hydrogen) atoms. The lowest BCUT2D eigenvalue weighted by Crippen LogP contribution is -2.35. The third kappa shape index (κ3) is 2.23. The highest BCUT2D eigenvalue weighted by Gasteiger charge is 2.26. The zero-order valence-electron chi connectivity index (χ0n) is 9.96. The average molecular weight is 203 g/mol. The third-order valence-electron chi connectivity index (χ3n) is 3.34. The van der Waals surface area contributed by atoms with Gasteiger partial charge in [-0.05, 0) is 29.9 Å². The Kier molecular flexibility index (Phi) is 3.11. The molecule has 0 heterocycles. The number of rotatable bonds is 2. The lowest BCUT2D eigenvalue weighted by atomic mass is 9.80. The number of fused-ring (bicyclic) bond motifs is 1. The van der Waals surface area contributed by atoms with Gasteiger partial charge in [-0.1, -0.05) is 45.0 Å². The van der Waals surface area contributed by atoms with E-state index in [0.29, 0.717) is 12.1 Å². The van der Waals surface area contributed by atoms with Crippen molar-refractivity contribution in [3.05, 3.63) is 35.4 Å². The molecule has 1 aromatic carbocycles. The highest BCUT2D eigenvalue weighted by Crippen LogP contribution is 2.34. The van der Waals surface area contributed by atoms with Gasteiger partial charge in [0.15, 0.2) is 0 Å². The van der Waals surface area contributed by atoms with Crippen LogP contribution < -0.4 is 5.32 Å². The van der Waals surface area contributed by atoms with E-state index in [1.54, 1.807) is 0 Å². The summed E-state index contributed by atoms with van der Waals surface area (Å²) in [6, 6.07) is 9.98. The van der Waals surface area contributed by atoms with Gasteiger partial charge in [0.05, 0.1) is 0 Å². The molecule has 2 atom stereocenters. The third-order valence-corrected chi connectivity index (χ3v) is 3.34. The molecule has 1 aliphatic carbocycles. The second-order valence-electron chi connectivity index (χ2n) is 5.01. The molecule has 0 aromatic heterocycles. The molecule has 82 valence electrons. The molecule has 0 radical (unpaired) electrons. The van der Waals surface area contributed by atoms with Crippen molar-refractivity contribution < 1.29 is 0 Å². The molecule has 1 aliphatic rings. The number of nitrogens with one attached hydrogen (secondary N) is 1. The Balaban J connectivity index is 2.28. The molecule has 0 saturated carbocycles. The summed E-state index contributed by atoms with van der Waals surface area (Å²) in [5.74, 6) is 0.752. The summed E-state index contributed by atoms with van der Waals surface area (Å²) in [7, 11) is 0. The Morgan fingerprint density at radius 3 is 2.73 bits per heavy atom. The smallest absolute Gasteiger partial charge is 0.0351 e. The summed E-state index contributed by atoms with van der Waals surface area (Å²) in [5, 5.41) is 3.69. The number of hydrogen-bond acceptors (Lipinski definition) is 1. The first-order valence-electron chi connectivity index (χ1n) is 6.02. The fourth-order valence-electron chi connectivity index (χ4n) is 2.53. The minimum atomic E-state index is 0.551. The first-order chi connectivity index (χ1) is 7.18. The van der Waals surface area contributed by atoms with Gasteiger partial charge in [0.1, 0.15) is 0 Å². The second kappa shape index (κ2) is 4.36. The van der Waals surface area contributed by atoms with Gasteiger partial charge in [0.2, 0.25) is 0 Å². The van der Waals surface area contributed by atoms with Gasteiger partial charge in [-0.2, -0.15) is 0 Å². The van der Waals surface area contributed by atoms with Gasteiger partial charge < -0.3 is 5.32 Å². The van der Waals surface area contributed by atoms with E-state index < -0.39 is 0 Å². The summed E-state index contributed by atoms with van der Waals surface area (Å²) < 4.78 is 0. The first-order valence-corrected chi connectivity index (χ1v) is 6.02. The minimum Gasteiger partial charge on any atom is -0.307 e. The van der Waals surface area contributed by atoms with E-state index in [9.17, 15) is 0 Å². The van der Waals surface area contributed by atoms with E-state index in [0.717, 1.165) is 5.92 Å². The van der Waals surface area contributed by atoms with E-state index in [1.807, 2.05) is 0 Å². The normalized spacial score (nSPS) is 25.3. The van der Waals surface area contributed by atoms with Crippen LogP contribution in [0.5, 0.6) is 0 Å². The maximum Gasteiger partial charge on any atom is 0.0351 e. The molecule has 2 rings (SSSR count). The van der Waals surface area contributed by atoms with Gasteiger partial charge in [0, 0.05) is 12.1 Å². The Bertz CT molecular complexity index is 330. The van der Waals surface area contributed by atoms with Crippen LogP contribution in [0.2, 0.25) is 0 Å². The SMILES string of the molecule is CC(C)NC1c2ccccc2CCC1C. The summed E-state index contributed by atoms with van der Waals surface area (Å²) in [6.45, 7) is 6.81. The fourth-order valence-corrected chi connectivity index (χ4v) is 2.53. The molecule has 0 bridgehead atoms. The van der Waals surface area contributed by atoms with E-state index in [1.165, 1.54) is 24.0 Å². The molecule has 1 N–H and O–H groups in total. The molecule has 0 spiro atoms. The molecular formula is C14H21N. The number of aryl methyl sites for hydroxylation is 1. The highest BCUT2D eigenvalue weighted by molar-refractivity contribution is 5.32. The number of hydrogen-bond donors (Lipinski definition) is 1. The Labute approximate surface area is 92.9 Å². The molecule has 1 nitrogen and oxygen atoms in total. The predicted octanol–water partition coefficient (Wildman–Crippen LogP) is 3.31. The molecule has 0 saturated heterocycles. The largest absolute Gasteiger partial charge is 0.307 e. The van der Waals surface area contributed by atoms with Crippen LogP contribution in [0, 0.1) is 5.92 Å². The van der Waals surface area contributed by atoms with Crippen LogP contribution in [-0.4, -0.2) is 6.04 Å². The van der Waals surface area contributed by atoms with E-state index in [-0.39, 0.29) is 0 Å². The predicted molar refractivity (Wildman–Crippen MR) is 64.9 cm³/mol. The molecular weight excluding hydrogens is 182 g/mol. The lowest BCUT2D eigenvalue weighted by Gasteiger charge is -2.33. The van der Waals surface area contributed by atoms with Crippen molar-refractivity contribution in [2.45, 2.75) is 45.7 Å². The van der Waals surface area contributed by atoms with E-state index in [2.05, 4.69) is 50.4 Å². The van der Waals surface area contributed by atoms with Gasteiger partial charge >= 0.3 is 0 Å². The van der Waals surface area contributed by atoms with Gasteiger partial charge in [-0.3, -0.25) is 0 Å². The van der Waals surface area contributed by atoms with E-state index in [4.69, 9.17) is 0 Å². The molecule has 0 aliphatic heterocycles. The topological polar surface area (TPSA) is 12.0 Å². The highest BCUT2D eigenvalue weighted by atomic mass is 14.9. The quantitative estimate of drug-likeness (QED) is 0.777. The Hall–Kier alpha value is -0.820. The average Bonchev–Trinajstić information content (AvgIpc) is 2.22. The second-order valence-corrected chi connectivity index (χ2v) is 5.01. The maximum atomic E-state index is 3.69.